The average molecular weight is 386 g/mol. The van der Waals surface area contributed by atoms with E-state index in [1.807, 2.05) is 13.0 Å². The van der Waals surface area contributed by atoms with Gasteiger partial charge in [-0.15, -0.1) is 0 Å². The SMILES string of the molecule is [2H]C([2H])([2H])c1c[n+](C)c(-c2cc(-c3ccc(F)cc3)c(F)cc2C)cc1[Si](C)(C)C. The molecule has 0 N–H and O–H groups in total. The lowest BCUT2D eigenvalue weighted by molar-refractivity contribution is -0.660. The van der Waals surface area contributed by atoms with Crippen LogP contribution in [0, 0.1) is 25.4 Å². The zero-order valence-electron chi connectivity index (χ0n) is 19.3. The molecule has 0 aliphatic heterocycles. The van der Waals surface area contributed by atoms with Gasteiger partial charge in [0, 0.05) is 26.9 Å². The highest BCUT2D eigenvalue weighted by molar-refractivity contribution is 6.89. The van der Waals surface area contributed by atoms with Gasteiger partial charge in [-0.05, 0) is 54.4 Å². The summed E-state index contributed by atoms with van der Waals surface area (Å²) in [6.07, 6.45) is 1.68. The molecule has 27 heavy (non-hydrogen) atoms. The smallest absolute Gasteiger partial charge is 0.207 e. The number of hydrogen-bond donors (Lipinski definition) is 0. The Kier molecular flexibility index (Phi) is 4.07. The summed E-state index contributed by atoms with van der Waals surface area (Å²) in [5.74, 6) is -0.757. The summed E-state index contributed by atoms with van der Waals surface area (Å²) in [4.78, 5) is 0. The molecule has 1 heterocycles. The summed E-state index contributed by atoms with van der Waals surface area (Å²) < 4.78 is 53.7. The molecule has 3 rings (SSSR count). The molecule has 1 aromatic heterocycles. The van der Waals surface area contributed by atoms with E-state index in [0.29, 0.717) is 16.7 Å². The van der Waals surface area contributed by atoms with Crippen LogP contribution in [0.1, 0.15) is 15.2 Å². The first-order chi connectivity index (χ1) is 13.8. The van der Waals surface area contributed by atoms with E-state index in [1.165, 1.54) is 18.2 Å². The van der Waals surface area contributed by atoms with E-state index in [-0.39, 0.29) is 11.6 Å². The van der Waals surface area contributed by atoms with Gasteiger partial charge >= 0.3 is 0 Å². The van der Waals surface area contributed by atoms with Crippen molar-refractivity contribution in [2.75, 3.05) is 0 Å². The van der Waals surface area contributed by atoms with E-state index in [2.05, 4.69) is 19.6 Å². The Balaban J connectivity index is 2.28. The second kappa shape index (κ2) is 7.00. The maximum Gasteiger partial charge on any atom is 0.212 e. The van der Waals surface area contributed by atoms with E-state index in [9.17, 15) is 8.78 Å². The average Bonchev–Trinajstić information content (AvgIpc) is 2.61. The van der Waals surface area contributed by atoms with Crippen LogP contribution in [0.25, 0.3) is 22.4 Å². The molecule has 0 aliphatic rings. The molecule has 0 bridgehead atoms. The van der Waals surface area contributed by atoms with Crippen LogP contribution >= 0.6 is 0 Å². The molecule has 0 aliphatic carbocycles. The van der Waals surface area contributed by atoms with E-state index >= 15 is 0 Å². The zero-order valence-corrected chi connectivity index (χ0v) is 17.3. The van der Waals surface area contributed by atoms with Gasteiger partial charge in [0.2, 0.25) is 5.69 Å². The third-order valence-electron chi connectivity index (χ3n) is 4.83. The fourth-order valence-electron chi connectivity index (χ4n) is 3.34. The number of halogens is 2. The Morgan fingerprint density at radius 2 is 1.59 bits per heavy atom. The third kappa shape index (κ3) is 3.86. The Labute approximate surface area is 165 Å². The minimum absolute atomic E-state index is 0.367. The minimum Gasteiger partial charge on any atom is -0.207 e. The molecule has 3 aromatic rings. The van der Waals surface area contributed by atoms with E-state index in [4.69, 9.17) is 4.11 Å². The molecule has 0 amide bonds. The topological polar surface area (TPSA) is 3.88 Å². The zero-order chi connectivity index (χ0) is 22.4. The molecule has 0 atom stereocenters. The summed E-state index contributed by atoms with van der Waals surface area (Å²) in [6.45, 7) is 5.97. The van der Waals surface area contributed by atoms with E-state index < -0.39 is 14.9 Å². The van der Waals surface area contributed by atoms with Crippen LogP contribution < -0.4 is 9.75 Å². The van der Waals surface area contributed by atoms with Gasteiger partial charge in [-0.25, -0.2) is 13.3 Å². The minimum atomic E-state index is -2.21. The summed E-state index contributed by atoms with van der Waals surface area (Å²) in [5, 5.41) is 0.864. The number of aromatic nitrogens is 1. The van der Waals surface area contributed by atoms with Crippen molar-refractivity contribution < 1.29 is 17.5 Å². The molecule has 0 unspecified atom stereocenters. The molecule has 2 aromatic carbocycles. The first-order valence-corrected chi connectivity index (χ1v) is 12.4. The molecule has 140 valence electrons. The van der Waals surface area contributed by atoms with Crippen molar-refractivity contribution >= 4 is 13.3 Å². The van der Waals surface area contributed by atoms with Gasteiger partial charge in [-0.2, -0.15) is 0 Å². The quantitative estimate of drug-likeness (QED) is 0.426. The highest BCUT2D eigenvalue weighted by Crippen LogP contribution is 2.30. The lowest BCUT2D eigenvalue weighted by Gasteiger charge is -2.20. The number of pyridine rings is 1. The van der Waals surface area contributed by atoms with Crippen molar-refractivity contribution in [3.05, 3.63) is 71.4 Å². The first-order valence-electron chi connectivity index (χ1n) is 10.4. The van der Waals surface area contributed by atoms with Crippen molar-refractivity contribution in [1.82, 2.24) is 0 Å². The molecular weight excluding hydrogens is 356 g/mol. The van der Waals surface area contributed by atoms with Crippen LogP contribution in [0.4, 0.5) is 8.78 Å². The van der Waals surface area contributed by atoms with Gasteiger partial charge < -0.3 is 0 Å². The first kappa shape index (κ1) is 15.7. The van der Waals surface area contributed by atoms with Crippen LogP contribution in [0.5, 0.6) is 0 Å². The third-order valence-corrected chi connectivity index (χ3v) is 6.86. The summed E-state index contributed by atoms with van der Waals surface area (Å²) in [7, 11) is -0.172. The predicted octanol–water partition coefficient (Wildman–Crippen LogP) is 5.29. The molecule has 0 saturated carbocycles. The Morgan fingerprint density at radius 3 is 2.19 bits per heavy atom. The van der Waals surface area contributed by atoms with Gasteiger partial charge in [0.1, 0.15) is 18.7 Å². The van der Waals surface area contributed by atoms with Crippen LogP contribution in [0.2, 0.25) is 19.6 Å². The Hall–Kier alpha value is -2.33. The van der Waals surface area contributed by atoms with Gasteiger partial charge in [-0.3, -0.25) is 0 Å². The predicted molar refractivity (Wildman–Crippen MR) is 111 cm³/mol. The van der Waals surface area contributed by atoms with Crippen molar-refractivity contribution in [3.8, 4) is 22.4 Å². The molecule has 1 nitrogen and oxygen atoms in total. The van der Waals surface area contributed by atoms with Gasteiger partial charge in [0.15, 0.2) is 6.20 Å². The highest BCUT2D eigenvalue weighted by Gasteiger charge is 2.25. The Bertz CT molecular complexity index is 1100. The molecule has 4 heteroatoms. The molecule has 0 spiro atoms. The molecule has 0 radical (unpaired) electrons. The monoisotopic (exact) mass is 385 g/mol. The van der Waals surface area contributed by atoms with E-state index in [0.717, 1.165) is 22.0 Å². The Morgan fingerprint density at radius 1 is 0.926 bits per heavy atom. The standard InChI is InChI=1S/C23H26F2NSi/c1-15-11-21(25)20(17-7-9-18(24)10-8-17)12-19(15)22-13-23(27(4,5)6)16(2)14-26(22)3/h7-14H,1-6H3/q+1/i2D3. The normalized spacial score (nSPS) is 13.8. The molecular formula is C23H26F2NSi+. The van der Waals surface area contributed by atoms with Crippen molar-refractivity contribution in [2.45, 2.75) is 33.4 Å². The summed E-state index contributed by atoms with van der Waals surface area (Å²) in [5.41, 5.74) is 3.71. The fraction of sp³-hybridized carbons (Fsp3) is 0.261. The van der Waals surface area contributed by atoms with Crippen molar-refractivity contribution in [1.29, 1.82) is 0 Å². The van der Waals surface area contributed by atoms with Crippen molar-refractivity contribution in [3.63, 3.8) is 0 Å². The second-order valence-corrected chi connectivity index (χ2v) is 13.0. The summed E-state index contributed by atoms with van der Waals surface area (Å²) in [6, 6.07) is 10.9. The largest absolute Gasteiger partial charge is 0.212 e. The van der Waals surface area contributed by atoms with Crippen LogP contribution in [0.15, 0.2) is 48.7 Å². The summed E-state index contributed by atoms with van der Waals surface area (Å²) >= 11 is 0. The second-order valence-electron chi connectivity index (χ2n) is 8.00. The molecule has 0 fully saturated rings. The highest BCUT2D eigenvalue weighted by atomic mass is 28.3. The number of aryl methyl sites for hydroxylation is 3. The maximum absolute atomic E-state index is 14.8. The number of hydrogen-bond acceptors (Lipinski definition) is 0. The van der Waals surface area contributed by atoms with E-state index in [1.54, 1.807) is 36.0 Å². The van der Waals surface area contributed by atoms with Crippen molar-refractivity contribution in [2.24, 2.45) is 7.05 Å². The maximum atomic E-state index is 14.8. The molecule has 0 saturated heterocycles. The lowest BCUT2D eigenvalue weighted by atomic mass is 9.96. The lowest BCUT2D eigenvalue weighted by Crippen LogP contribution is -2.44. The van der Waals surface area contributed by atoms with Crippen LogP contribution in [0.3, 0.4) is 0 Å². The van der Waals surface area contributed by atoms with Gasteiger partial charge in [-0.1, -0.05) is 31.8 Å². The number of nitrogens with zero attached hydrogens (tertiary/aromatic N) is 1. The number of benzene rings is 2. The van der Waals surface area contributed by atoms with Crippen LogP contribution in [-0.4, -0.2) is 8.07 Å². The van der Waals surface area contributed by atoms with Gasteiger partial charge in [0.25, 0.3) is 0 Å². The number of rotatable bonds is 3. The fourth-order valence-corrected chi connectivity index (χ4v) is 4.78. The van der Waals surface area contributed by atoms with Crippen LogP contribution in [-0.2, 0) is 7.05 Å². The van der Waals surface area contributed by atoms with Gasteiger partial charge in [0.05, 0.1) is 8.07 Å².